The van der Waals surface area contributed by atoms with E-state index < -0.39 is 0 Å². The van der Waals surface area contributed by atoms with Crippen molar-refractivity contribution in [3.8, 4) is 11.5 Å². The average Bonchev–Trinajstić information content (AvgIpc) is 2.55. The maximum absolute atomic E-state index is 13.7. The van der Waals surface area contributed by atoms with Crippen molar-refractivity contribution in [2.75, 3.05) is 6.61 Å². The molecular formula is C19H25ClFNO2. The lowest BCUT2D eigenvalue weighted by Gasteiger charge is -2.15. The number of rotatable bonds is 8. The van der Waals surface area contributed by atoms with Crippen LogP contribution in [0.25, 0.3) is 0 Å². The maximum atomic E-state index is 13.7. The topological polar surface area (TPSA) is 44.5 Å². The number of halogens is 2. The summed E-state index contributed by atoms with van der Waals surface area (Å²) in [7, 11) is 0. The van der Waals surface area contributed by atoms with E-state index in [4.69, 9.17) is 15.2 Å². The van der Waals surface area contributed by atoms with E-state index >= 15 is 0 Å². The summed E-state index contributed by atoms with van der Waals surface area (Å²) in [6, 6.07) is 12.5. The number of benzene rings is 2. The lowest BCUT2D eigenvalue weighted by molar-refractivity contribution is 0.265. The second kappa shape index (κ2) is 10.2. The van der Waals surface area contributed by atoms with Crippen molar-refractivity contribution in [3.63, 3.8) is 0 Å². The third kappa shape index (κ3) is 5.69. The third-order valence-corrected chi connectivity index (χ3v) is 3.67. The van der Waals surface area contributed by atoms with E-state index in [0.717, 1.165) is 18.4 Å². The molecule has 1 atom stereocenters. The molecule has 0 spiro atoms. The minimum absolute atomic E-state index is 0. The van der Waals surface area contributed by atoms with Gasteiger partial charge in [-0.2, -0.15) is 0 Å². The Balaban J connectivity index is 0.00000288. The second-order valence-corrected chi connectivity index (χ2v) is 5.47. The molecule has 0 heterocycles. The molecule has 3 nitrogen and oxygen atoms in total. The standard InChI is InChI=1S/C19H24FNO2.ClH/c1-3-16(21)11-14-9-10-18(19(12-14)22-4-2)23-13-15-7-5-6-8-17(15)20;/h5-10,12,16H,3-4,11,13,21H2,1-2H3;1H. The second-order valence-electron chi connectivity index (χ2n) is 5.47. The van der Waals surface area contributed by atoms with E-state index in [1.54, 1.807) is 18.2 Å². The molecular weight excluding hydrogens is 329 g/mol. The Morgan fingerprint density at radius 3 is 2.46 bits per heavy atom. The van der Waals surface area contributed by atoms with E-state index in [1.807, 2.05) is 25.1 Å². The van der Waals surface area contributed by atoms with Gasteiger partial charge in [0.15, 0.2) is 11.5 Å². The number of hydrogen-bond acceptors (Lipinski definition) is 3. The van der Waals surface area contributed by atoms with E-state index in [0.29, 0.717) is 23.7 Å². The highest BCUT2D eigenvalue weighted by atomic mass is 35.5. The van der Waals surface area contributed by atoms with Gasteiger partial charge in [-0.05, 0) is 43.5 Å². The summed E-state index contributed by atoms with van der Waals surface area (Å²) in [5.74, 6) is 1.02. The Bertz CT molecular complexity index is 637. The first-order chi connectivity index (χ1) is 11.1. The largest absolute Gasteiger partial charge is 0.490 e. The van der Waals surface area contributed by atoms with Gasteiger partial charge in [-0.1, -0.05) is 31.2 Å². The van der Waals surface area contributed by atoms with Gasteiger partial charge in [-0.3, -0.25) is 0 Å². The van der Waals surface area contributed by atoms with Crippen LogP contribution < -0.4 is 15.2 Å². The van der Waals surface area contributed by atoms with Crippen molar-refractivity contribution in [2.24, 2.45) is 5.73 Å². The summed E-state index contributed by atoms with van der Waals surface area (Å²) in [4.78, 5) is 0. The summed E-state index contributed by atoms with van der Waals surface area (Å²) in [6.45, 7) is 4.70. The van der Waals surface area contributed by atoms with Gasteiger partial charge in [-0.15, -0.1) is 12.4 Å². The molecule has 2 aromatic carbocycles. The van der Waals surface area contributed by atoms with Crippen LogP contribution in [0.2, 0.25) is 0 Å². The van der Waals surface area contributed by atoms with Crippen molar-refractivity contribution in [1.29, 1.82) is 0 Å². The fourth-order valence-electron chi connectivity index (χ4n) is 2.29. The molecule has 132 valence electrons. The van der Waals surface area contributed by atoms with Crippen LogP contribution in [0.1, 0.15) is 31.4 Å². The van der Waals surface area contributed by atoms with Crippen LogP contribution in [-0.4, -0.2) is 12.6 Å². The molecule has 24 heavy (non-hydrogen) atoms. The highest BCUT2D eigenvalue weighted by Crippen LogP contribution is 2.30. The monoisotopic (exact) mass is 353 g/mol. The Kier molecular flexibility index (Phi) is 8.58. The molecule has 2 N–H and O–H groups in total. The van der Waals surface area contributed by atoms with Gasteiger partial charge < -0.3 is 15.2 Å². The molecule has 0 saturated heterocycles. The van der Waals surface area contributed by atoms with E-state index in [2.05, 4.69) is 6.92 Å². The summed E-state index contributed by atoms with van der Waals surface area (Å²) >= 11 is 0. The molecule has 2 aromatic rings. The maximum Gasteiger partial charge on any atom is 0.161 e. The van der Waals surface area contributed by atoms with Gasteiger partial charge >= 0.3 is 0 Å². The van der Waals surface area contributed by atoms with Crippen molar-refractivity contribution in [2.45, 2.75) is 39.3 Å². The van der Waals surface area contributed by atoms with Crippen LogP contribution in [0.4, 0.5) is 4.39 Å². The molecule has 2 rings (SSSR count). The van der Waals surface area contributed by atoms with Gasteiger partial charge in [0, 0.05) is 11.6 Å². The van der Waals surface area contributed by atoms with Crippen molar-refractivity contribution in [1.82, 2.24) is 0 Å². The third-order valence-electron chi connectivity index (χ3n) is 3.67. The SMILES string of the molecule is CCOc1cc(CC(N)CC)ccc1OCc1ccccc1F.Cl. The summed E-state index contributed by atoms with van der Waals surface area (Å²) in [5.41, 5.74) is 7.64. The molecule has 0 fully saturated rings. The van der Waals surface area contributed by atoms with E-state index in [9.17, 15) is 4.39 Å². The van der Waals surface area contributed by atoms with Gasteiger partial charge in [0.05, 0.1) is 6.61 Å². The smallest absolute Gasteiger partial charge is 0.161 e. The highest BCUT2D eigenvalue weighted by Gasteiger charge is 2.10. The summed E-state index contributed by atoms with van der Waals surface area (Å²) in [5, 5.41) is 0. The molecule has 1 unspecified atom stereocenters. The molecule has 0 radical (unpaired) electrons. The van der Waals surface area contributed by atoms with Gasteiger partial charge in [-0.25, -0.2) is 4.39 Å². The fourth-order valence-corrected chi connectivity index (χ4v) is 2.29. The first-order valence-electron chi connectivity index (χ1n) is 8.01. The first-order valence-corrected chi connectivity index (χ1v) is 8.01. The van der Waals surface area contributed by atoms with E-state index in [-0.39, 0.29) is 30.9 Å². The molecule has 5 heteroatoms. The van der Waals surface area contributed by atoms with Crippen LogP contribution in [0.15, 0.2) is 42.5 Å². The molecule has 0 amide bonds. The fraction of sp³-hybridized carbons (Fsp3) is 0.368. The highest BCUT2D eigenvalue weighted by molar-refractivity contribution is 5.85. The predicted molar refractivity (Wildman–Crippen MR) is 97.6 cm³/mol. The number of ether oxygens (including phenoxy) is 2. The van der Waals surface area contributed by atoms with Gasteiger partial charge in [0.25, 0.3) is 0 Å². The van der Waals surface area contributed by atoms with Crippen molar-refractivity contribution >= 4 is 12.4 Å². The van der Waals surface area contributed by atoms with Gasteiger partial charge in [0.2, 0.25) is 0 Å². The van der Waals surface area contributed by atoms with Crippen LogP contribution in [0.3, 0.4) is 0 Å². The molecule has 0 aliphatic rings. The normalized spacial score (nSPS) is 11.5. The first kappa shape index (κ1) is 20.3. The Hall–Kier alpha value is -1.78. The minimum atomic E-state index is -0.268. The Labute approximate surface area is 149 Å². The quantitative estimate of drug-likeness (QED) is 0.759. The van der Waals surface area contributed by atoms with Crippen molar-refractivity contribution < 1.29 is 13.9 Å². The van der Waals surface area contributed by atoms with Crippen molar-refractivity contribution in [3.05, 3.63) is 59.4 Å². The summed E-state index contributed by atoms with van der Waals surface area (Å²) < 4.78 is 25.1. The van der Waals surface area contributed by atoms with Crippen LogP contribution in [0, 0.1) is 5.82 Å². The summed E-state index contributed by atoms with van der Waals surface area (Å²) in [6.07, 6.45) is 1.72. The molecule has 0 aromatic heterocycles. The zero-order chi connectivity index (χ0) is 16.7. The average molecular weight is 354 g/mol. The molecule has 0 bridgehead atoms. The minimum Gasteiger partial charge on any atom is -0.490 e. The predicted octanol–water partition coefficient (Wildman–Crippen LogP) is 4.51. The molecule has 0 aliphatic heterocycles. The zero-order valence-electron chi connectivity index (χ0n) is 14.1. The Morgan fingerprint density at radius 2 is 1.79 bits per heavy atom. The number of hydrogen-bond donors (Lipinski definition) is 1. The lowest BCUT2D eigenvalue weighted by Crippen LogP contribution is -2.21. The van der Waals surface area contributed by atoms with Crippen LogP contribution in [0.5, 0.6) is 11.5 Å². The lowest BCUT2D eigenvalue weighted by atomic mass is 10.0. The van der Waals surface area contributed by atoms with E-state index in [1.165, 1.54) is 6.07 Å². The van der Waals surface area contributed by atoms with Crippen LogP contribution >= 0.6 is 12.4 Å². The van der Waals surface area contributed by atoms with Gasteiger partial charge in [0.1, 0.15) is 12.4 Å². The Morgan fingerprint density at radius 1 is 1.04 bits per heavy atom. The van der Waals surface area contributed by atoms with Crippen LogP contribution in [-0.2, 0) is 13.0 Å². The molecule has 0 aliphatic carbocycles. The molecule has 0 saturated carbocycles. The number of nitrogens with two attached hydrogens (primary N) is 1. The zero-order valence-corrected chi connectivity index (χ0v) is 14.9.